The quantitative estimate of drug-likeness (QED) is 0.820. The van der Waals surface area contributed by atoms with E-state index in [1.807, 2.05) is 55.5 Å². The van der Waals surface area contributed by atoms with Crippen molar-refractivity contribution in [3.63, 3.8) is 0 Å². The van der Waals surface area contributed by atoms with Crippen LogP contribution in [0, 0.1) is 6.92 Å². The molecule has 2 rings (SSSR count). The average Bonchev–Trinajstić information content (AvgIpc) is 2.41. The van der Waals surface area contributed by atoms with Gasteiger partial charge >= 0.3 is 0 Å². The maximum Gasteiger partial charge on any atom is 0.259 e. The molecule has 0 radical (unpaired) electrons. The normalized spacial score (nSPS) is 10.2. The van der Waals surface area contributed by atoms with Crippen molar-refractivity contribution in [2.45, 2.75) is 6.92 Å². The smallest absolute Gasteiger partial charge is 0.259 e. The molecule has 0 aliphatic rings. The summed E-state index contributed by atoms with van der Waals surface area (Å²) in [5.41, 5.74) is 2.64. The van der Waals surface area contributed by atoms with E-state index in [0.717, 1.165) is 15.7 Å². The number of aryl methyl sites for hydroxylation is 1. The van der Waals surface area contributed by atoms with Gasteiger partial charge in [0.15, 0.2) is 0 Å². The minimum Gasteiger partial charge on any atom is -0.311 e. The largest absolute Gasteiger partial charge is 0.311 e. The van der Waals surface area contributed by atoms with E-state index >= 15 is 0 Å². The molecule has 18 heavy (non-hydrogen) atoms. The number of benzene rings is 2. The first-order valence-corrected chi connectivity index (χ1v) is 6.48. The third-order valence-corrected chi connectivity index (χ3v) is 3.49. The lowest BCUT2D eigenvalue weighted by molar-refractivity contribution is 0.0992. The Kier molecular flexibility index (Phi) is 3.82. The highest BCUT2D eigenvalue weighted by molar-refractivity contribution is 9.10. The summed E-state index contributed by atoms with van der Waals surface area (Å²) < 4.78 is 0.820. The van der Waals surface area contributed by atoms with Crippen LogP contribution in [0.5, 0.6) is 0 Å². The van der Waals surface area contributed by atoms with Gasteiger partial charge < -0.3 is 4.90 Å². The van der Waals surface area contributed by atoms with Crippen LogP contribution in [0.3, 0.4) is 0 Å². The summed E-state index contributed by atoms with van der Waals surface area (Å²) in [6.45, 7) is 1.98. The van der Waals surface area contributed by atoms with E-state index in [4.69, 9.17) is 0 Å². The zero-order valence-electron chi connectivity index (χ0n) is 10.4. The monoisotopic (exact) mass is 303 g/mol. The van der Waals surface area contributed by atoms with E-state index in [-0.39, 0.29) is 5.91 Å². The van der Waals surface area contributed by atoms with Gasteiger partial charge in [-0.15, -0.1) is 0 Å². The SMILES string of the molecule is Cc1ccc(Br)c(C(=O)N(C)c2ccccc2)c1. The molecule has 0 saturated heterocycles. The highest BCUT2D eigenvalue weighted by atomic mass is 79.9. The van der Waals surface area contributed by atoms with Crippen LogP contribution in [0.25, 0.3) is 0 Å². The molecule has 2 nitrogen and oxygen atoms in total. The van der Waals surface area contributed by atoms with Crippen molar-refractivity contribution in [2.75, 3.05) is 11.9 Å². The first kappa shape index (κ1) is 12.8. The number of rotatable bonds is 2. The predicted molar refractivity (Wildman–Crippen MR) is 78.1 cm³/mol. The maximum absolute atomic E-state index is 12.4. The third-order valence-electron chi connectivity index (χ3n) is 2.80. The van der Waals surface area contributed by atoms with Crippen molar-refractivity contribution in [2.24, 2.45) is 0 Å². The van der Waals surface area contributed by atoms with Crippen LogP contribution >= 0.6 is 15.9 Å². The Morgan fingerprint density at radius 3 is 2.44 bits per heavy atom. The molecule has 2 aromatic carbocycles. The topological polar surface area (TPSA) is 20.3 Å². The van der Waals surface area contributed by atoms with Crippen LogP contribution in [0.4, 0.5) is 5.69 Å². The molecular formula is C15H14BrNO. The lowest BCUT2D eigenvalue weighted by Crippen LogP contribution is -2.26. The molecule has 0 heterocycles. The Morgan fingerprint density at radius 2 is 1.78 bits per heavy atom. The molecule has 0 aromatic heterocycles. The van der Waals surface area contributed by atoms with Gasteiger partial charge in [-0.2, -0.15) is 0 Å². The van der Waals surface area contributed by atoms with E-state index in [1.54, 1.807) is 11.9 Å². The number of amides is 1. The molecule has 0 saturated carbocycles. The lowest BCUT2D eigenvalue weighted by atomic mass is 10.1. The highest BCUT2D eigenvalue weighted by Crippen LogP contribution is 2.22. The molecule has 0 atom stereocenters. The van der Waals surface area contributed by atoms with Gasteiger partial charge in [0.1, 0.15) is 0 Å². The molecule has 3 heteroatoms. The second kappa shape index (κ2) is 5.36. The Labute approximate surface area is 115 Å². The molecule has 0 spiro atoms. The van der Waals surface area contributed by atoms with Gasteiger partial charge in [-0.3, -0.25) is 4.79 Å². The summed E-state index contributed by atoms with van der Waals surface area (Å²) >= 11 is 3.42. The minimum absolute atomic E-state index is 0.0169. The van der Waals surface area contributed by atoms with Gasteiger partial charge in [-0.05, 0) is 47.1 Å². The van der Waals surface area contributed by atoms with E-state index in [2.05, 4.69) is 15.9 Å². The Hall–Kier alpha value is -1.61. The summed E-state index contributed by atoms with van der Waals surface area (Å²) in [4.78, 5) is 14.1. The average molecular weight is 304 g/mol. The van der Waals surface area contributed by atoms with Crippen LogP contribution in [0.15, 0.2) is 53.0 Å². The fourth-order valence-electron chi connectivity index (χ4n) is 1.75. The van der Waals surface area contributed by atoms with E-state index in [0.29, 0.717) is 5.56 Å². The first-order chi connectivity index (χ1) is 8.59. The van der Waals surface area contributed by atoms with E-state index < -0.39 is 0 Å². The summed E-state index contributed by atoms with van der Waals surface area (Å²) in [6.07, 6.45) is 0. The Morgan fingerprint density at radius 1 is 1.11 bits per heavy atom. The number of para-hydroxylation sites is 1. The Balaban J connectivity index is 2.34. The van der Waals surface area contributed by atoms with Gasteiger partial charge in [0.05, 0.1) is 5.56 Å². The van der Waals surface area contributed by atoms with Crippen molar-refractivity contribution in [3.8, 4) is 0 Å². The molecule has 92 valence electrons. The molecule has 1 amide bonds. The van der Waals surface area contributed by atoms with Crippen LogP contribution in [-0.2, 0) is 0 Å². The van der Waals surface area contributed by atoms with Crippen molar-refractivity contribution in [3.05, 3.63) is 64.1 Å². The number of anilines is 1. The van der Waals surface area contributed by atoms with Gasteiger partial charge in [-0.1, -0.05) is 29.8 Å². The van der Waals surface area contributed by atoms with Gasteiger partial charge in [-0.25, -0.2) is 0 Å². The molecule has 2 aromatic rings. The van der Waals surface area contributed by atoms with Gasteiger partial charge in [0.25, 0.3) is 5.91 Å². The van der Waals surface area contributed by atoms with Gasteiger partial charge in [0, 0.05) is 17.2 Å². The second-order valence-corrected chi connectivity index (χ2v) is 5.04. The summed E-state index contributed by atoms with van der Waals surface area (Å²) in [7, 11) is 1.78. The summed E-state index contributed by atoms with van der Waals surface area (Å²) in [5, 5.41) is 0. The Bertz CT molecular complexity index is 566. The van der Waals surface area contributed by atoms with Crippen LogP contribution in [0.2, 0.25) is 0 Å². The summed E-state index contributed by atoms with van der Waals surface area (Å²) in [6, 6.07) is 15.4. The fraction of sp³-hybridized carbons (Fsp3) is 0.133. The van der Waals surface area contributed by atoms with Crippen LogP contribution < -0.4 is 4.90 Å². The molecule has 0 fully saturated rings. The lowest BCUT2D eigenvalue weighted by Gasteiger charge is -2.18. The second-order valence-electron chi connectivity index (χ2n) is 4.18. The standard InChI is InChI=1S/C15H14BrNO/c1-11-8-9-14(16)13(10-11)15(18)17(2)12-6-4-3-5-7-12/h3-10H,1-2H3. The molecule has 0 aliphatic carbocycles. The molecule has 0 aliphatic heterocycles. The first-order valence-electron chi connectivity index (χ1n) is 5.69. The third kappa shape index (κ3) is 2.62. The van der Waals surface area contributed by atoms with Crippen molar-refractivity contribution in [1.29, 1.82) is 0 Å². The van der Waals surface area contributed by atoms with Gasteiger partial charge in [0.2, 0.25) is 0 Å². The number of carbonyl (C=O) groups excluding carboxylic acids is 1. The van der Waals surface area contributed by atoms with Crippen LogP contribution in [0.1, 0.15) is 15.9 Å². The minimum atomic E-state index is -0.0169. The van der Waals surface area contributed by atoms with Crippen LogP contribution in [-0.4, -0.2) is 13.0 Å². The number of hydrogen-bond acceptors (Lipinski definition) is 1. The number of carbonyl (C=O) groups is 1. The number of halogens is 1. The zero-order chi connectivity index (χ0) is 13.1. The molecule has 0 N–H and O–H groups in total. The van der Waals surface area contributed by atoms with Crippen molar-refractivity contribution < 1.29 is 4.79 Å². The zero-order valence-corrected chi connectivity index (χ0v) is 11.9. The molecular weight excluding hydrogens is 290 g/mol. The predicted octanol–water partition coefficient (Wildman–Crippen LogP) is 4.03. The molecule has 0 bridgehead atoms. The molecule has 0 unspecified atom stereocenters. The number of nitrogens with zero attached hydrogens (tertiary/aromatic N) is 1. The summed E-state index contributed by atoms with van der Waals surface area (Å²) in [5.74, 6) is -0.0169. The van der Waals surface area contributed by atoms with Crippen molar-refractivity contribution in [1.82, 2.24) is 0 Å². The van der Waals surface area contributed by atoms with Crippen molar-refractivity contribution >= 4 is 27.5 Å². The number of hydrogen-bond donors (Lipinski definition) is 0. The van der Waals surface area contributed by atoms with E-state index in [1.165, 1.54) is 0 Å². The maximum atomic E-state index is 12.4. The van der Waals surface area contributed by atoms with E-state index in [9.17, 15) is 4.79 Å². The highest BCUT2D eigenvalue weighted by Gasteiger charge is 2.16. The fourth-order valence-corrected chi connectivity index (χ4v) is 2.17.